The molecule has 0 aromatic heterocycles. The van der Waals surface area contributed by atoms with Gasteiger partial charge in [-0.25, -0.2) is 4.39 Å². The zero-order valence-corrected chi connectivity index (χ0v) is 12.0. The third-order valence-electron chi connectivity index (χ3n) is 3.49. The molecule has 18 heavy (non-hydrogen) atoms. The Kier molecular flexibility index (Phi) is 4.76. The maximum absolute atomic E-state index is 13.8. The monoisotopic (exact) mass is 316 g/mol. The first-order valence-electron chi connectivity index (χ1n) is 6.35. The van der Waals surface area contributed by atoms with Crippen molar-refractivity contribution >= 4 is 15.9 Å². The molecule has 1 aliphatic rings. The van der Waals surface area contributed by atoms with E-state index in [1.807, 2.05) is 6.92 Å². The van der Waals surface area contributed by atoms with Crippen LogP contribution in [0, 0.1) is 11.7 Å². The summed E-state index contributed by atoms with van der Waals surface area (Å²) in [4.78, 5) is 0. The van der Waals surface area contributed by atoms with Crippen LogP contribution in [0.2, 0.25) is 0 Å². The molecule has 1 aromatic carbocycles. The number of aliphatic hydroxyl groups is 1. The summed E-state index contributed by atoms with van der Waals surface area (Å²) in [7, 11) is 0. The van der Waals surface area contributed by atoms with Crippen molar-refractivity contribution in [1.29, 1.82) is 0 Å². The molecule has 0 bridgehead atoms. The summed E-state index contributed by atoms with van der Waals surface area (Å²) in [5.74, 6) is 0.0839. The van der Waals surface area contributed by atoms with Crippen LogP contribution >= 0.6 is 15.9 Å². The molecule has 2 nitrogen and oxygen atoms in total. The summed E-state index contributed by atoms with van der Waals surface area (Å²) in [5, 5.41) is 10.1. The highest BCUT2D eigenvalue weighted by atomic mass is 79.9. The molecule has 1 atom stereocenters. The van der Waals surface area contributed by atoms with E-state index in [4.69, 9.17) is 4.74 Å². The van der Waals surface area contributed by atoms with E-state index < -0.39 is 6.10 Å². The maximum atomic E-state index is 13.8. The fourth-order valence-electron chi connectivity index (χ4n) is 2.46. The van der Waals surface area contributed by atoms with Gasteiger partial charge in [-0.1, -0.05) is 12.1 Å². The lowest BCUT2D eigenvalue weighted by Gasteiger charge is -2.36. The predicted octanol–water partition coefficient (Wildman–Crippen LogP) is 3.83. The Morgan fingerprint density at radius 3 is 2.89 bits per heavy atom. The number of ether oxygens (including phenoxy) is 1. The topological polar surface area (TPSA) is 29.5 Å². The van der Waals surface area contributed by atoms with Crippen LogP contribution in [0.3, 0.4) is 0 Å². The van der Waals surface area contributed by atoms with Crippen LogP contribution < -0.4 is 0 Å². The van der Waals surface area contributed by atoms with Crippen molar-refractivity contribution in [2.75, 3.05) is 6.61 Å². The van der Waals surface area contributed by atoms with Crippen molar-refractivity contribution in [1.82, 2.24) is 0 Å². The number of aliphatic hydroxyl groups excluding tert-OH is 1. The SMILES string of the molecule is CCOC1CC(CC(O)c2cccc(Br)c2F)C1. The average Bonchev–Trinajstić information content (AvgIpc) is 2.30. The lowest BCUT2D eigenvalue weighted by Crippen LogP contribution is -2.32. The highest BCUT2D eigenvalue weighted by molar-refractivity contribution is 9.10. The van der Waals surface area contributed by atoms with Gasteiger partial charge in [0, 0.05) is 12.2 Å². The van der Waals surface area contributed by atoms with E-state index in [-0.39, 0.29) is 5.82 Å². The van der Waals surface area contributed by atoms with Gasteiger partial charge in [0.15, 0.2) is 0 Å². The largest absolute Gasteiger partial charge is 0.388 e. The van der Waals surface area contributed by atoms with Gasteiger partial charge in [-0.05, 0) is 54.1 Å². The zero-order valence-electron chi connectivity index (χ0n) is 10.4. The molecule has 100 valence electrons. The highest BCUT2D eigenvalue weighted by Crippen LogP contribution is 2.37. The van der Waals surface area contributed by atoms with Gasteiger partial charge in [0.05, 0.1) is 16.7 Å². The summed E-state index contributed by atoms with van der Waals surface area (Å²) in [5.41, 5.74) is 0.379. The molecule has 0 radical (unpaired) electrons. The van der Waals surface area contributed by atoms with Gasteiger partial charge in [-0.15, -0.1) is 0 Å². The van der Waals surface area contributed by atoms with E-state index in [0.29, 0.717) is 28.5 Å². The summed E-state index contributed by atoms with van der Waals surface area (Å²) >= 11 is 3.14. The van der Waals surface area contributed by atoms with Crippen molar-refractivity contribution in [2.45, 2.75) is 38.4 Å². The normalized spacial score (nSPS) is 24.7. The molecule has 1 unspecified atom stereocenters. The molecule has 0 saturated heterocycles. The van der Waals surface area contributed by atoms with Gasteiger partial charge in [0.2, 0.25) is 0 Å². The van der Waals surface area contributed by atoms with Crippen LogP contribution in [-0.4, -0.2) is 17.8 Å². The number of halogens is 2. The predicted molar refractivity (Wildman–Crippen MR) is 71.8 cm³/mol. The van der Waals surface area contributed by atoms with Gasteiger partial charge in [0.1, 0.15) is 5.82 Å². The molecular weight excluding hydrogens is 299 g/mol. The van der Waals surface area contributed by atoms with Crippen molar-refractivity contribution in [3.05, 3.63) is 34.1 Å². The van der Waals surface area contributed by atoms with E-state index >= 15 is 0 Å². The van der Waals surface area contributed by atoms with E-state index in [9.17, 15) is 9.50 Å². The quantitative estimate of drug-likeness (QED) is 0.894. The molecule has 0 heterocycles. The first kappa shape index (κ1) is 14.0. The van der Waals surface area contributed by atoms with Gasteiger partial charge in [-0.2, -0.15) is 0 Å². The Morgan fingerprint density at radius 2 is 2.22 bits per heavy atom. The van der Waals surface area contributed by atoms with Crippen LogP contribution in [0.4, 0.5) is 4.39 Å². The number of hydrogen-bond acceptors (Lipinski definition) is 2. The smallest absolute Gasteiger partial charge is 0.143 e. The third kappa shape index (κ3) is 3.11. The summed E-state index contributed by atoms with van der Waals surface area (Å²) in [6, 6.07) is 5.03. The minimum atomic E-state index is -0.727. The second-order valence-corrected chi connectivity index (χ2v) is 5.66. The minimum Gasteiger partial charge on any atom is -0.388 e. The molecule has 0 amide bonds. The van der Waals surface area contributed by atoms with Crippen LogP contribution in [-0.2, 0) is 4.74 Å². The van der Waals surface area contributed by atoms with Crippen molar-refractivity contribution < 1.29 is 14.2 Å². The molecular formula is C14H18BrFO2. The van der Waals surface area contributed by atoms with Crippen LogP contribution in [0.1, 0.15) is 37.9 Å². The van der Waals surface area contributed by atoms with Gasteiger partial charge in [0.25, 0.3) is 0 Å². The van der Waals surface area contributed by atoms with E-state index in [2.05, 4.69) is 15.9 Å². The van der Waals surface area contributed by atoms with Crippen LogP contribution in [0.5, 0.6) is 0 Å². The lowest BCUT2D eigenvalue weighted by molar-refractivity contribution is -0.0382. The molecule has 2 rings (SSSR count). The standard InChI is InChI=1S/C14H18BrFO2/c1-2-18-10-6-9(7-10)8-13(17)11-4-3-5-12(15)14(11)16/h3-5,9-10,13,17H,2,6-8H2,1H3. The second kappa shape index (κ2) is 6.13. The summed E-state index contributed by atoms with van der Waals surface area (Å²) < 4.78 is 19.7. The Labute approximate surface area is 115 Å². The number of rotatable bonds is 5. The molecule has 1 saturated carbocycles. The highest BCUT2D eigenvalue weighted by Gasteiger charge is 2.31. The molecule has 1 N–H and O–H groups in total. The summed E-state index contributed by atoms with van der Waals surface area (Å²) in [6.07, 6.45) is 2.16. The van der Waals surface area contributed by atoms with E-state index in [0.717, 1.165) is 19.4 Å². The van der Waals surface area contributed by atoms with Crippen molar-refractivity contribution in [3.8, 4) is 0 Å². The first-order valence-corrected chi connectivity index (χ1v) is 7.14. The molecule has 4 heteroatoms. The fourth-order valence-corrected chi connectivity index (χ4v) is 2.84. The zero-order chi connectivity index (χ0) is 13.1. The Hall–Kier alpha value is -0.450. The molecule has 1 aromatic rings. The lowest BCUT2D eigenvalue weighted by atomic mass is 9.78. The van der Waals surface area contributed by atoms with Crippen molar-refractivity contribution in [3.63, 3.8) is 0 Å². The van der Waals surface area contributed by atoms with Gasteiger partial charge < -0.3 is 9.84 Å². The van der Waals surface area contributed by atoms with Crippen LogP contribution in [0.25, 0.3) is 0 Å². The molecule has 1 fully saturated rings. The maximum Gasteiger partial charge on any atom is 0.143 e. The van der Waals surface area contributed by atoms with Gasteiger partial charge >= 0.3 is 0 Å². The van der Waals surface area contributed by atoms with Gasteiger partial charge in [-0.3, -0.25) is 0 Å². The Bertz CT molecular complexity index is 405. The summed E-state index contributed by atoms with van der Waals surface area (Å²) in [6.45, 7) is 2.72. The fraction of sp³-hybridized carbons (Fsp3) is 0.571. The number of benzene rings is 1. The van der Waals surface area contributed by atoms with E-state index in [1.165, 1.54) is 0 Å². The van der Waals surface area contributed by atoms with E-state index in [1.54, 1.807) is 18.2 Å². The second-order valence-electron chi connectivity index (χ2n) is 4.81. The Balaban J connectivity index is 1.89. The van der Waals surface area contributed by atoms with Crippen LogP contribution in [0.15, 0.2) is 22.7 Å². The minimum absolute atomic E-state index is 0.333. The van der Waals surface area contributed by atoms with Crippen molar-refractivity contribution in [2.24, 2.45) is 5.92 Å². The molecule has 1 aliphatic carbocycles. The molecule has 0 spiro atoms. The number of hydrogen-bond donors (Lipinski definition) is 1. The molecule has 0 aliphatic heterocycles. The Morgan fingerprint density at radius 1 is 1.50 bits per heavy atom. The average molecular weight is 317 g/mol. The third-order valence-corrected chi connectivity index (χ3v) is 4.10. The first-order chi connectivity index (χ1) is 8.61.